The molecule has 0 radical (unpaired) electrons. The fraction of sp³-hybridized carbons (Fsp3) is 0.477. The average molecular weight is 836 g/mol. The number of hydrazine groups is 1. The van der Waals surface area contributed by atoms with Crippen LogP contribution in [0.5, 0.6) is 0 Å². The van der Waals surface area contributed by atoms with Crippen LogP contribution in [0.4, 0.5) is 14.4 Å². The number of halogens is 1. The van der Waals surface area contributed by atoms with Gasteiger partial charge in [0.25, 0.3) is 5.91 Å². The van der Waals surface area contributed by atoms with Gasteiger partial charge in [-0.3, -0.25) is 10.2 Å². The highest BCUT2D eigenvalue weighted by molar-refractivity contribution is 6.31. The fourth-order valence-electron chi connectivity index (χ4n) is 6.21. The number of hydrogen-bond acceptors (Lipinski definition) is 9. The molecular weight excluding hydrogens is 778 g/mol. The van der Waals surface area contributed by atoms with Crippen molar-refractivity contribution < 1.29 is 42.9 Å². The highest BCUT2D eigenvalue weighted by atomic mass is 35.5. The molecule has 0 spiro atoms. The van der Waals surface area contributed by atoms with Gasteiger partial charge in [0, 0.05) is 29.6 Å². The van der Waals surface area contributed by atoms with Crippen LogP contribution >= 0.6 is 11.6 Å². The number of nitrogens with zero attached hydrogens (tertiary/aromatic N) is 1. The number of nitrogens with one attached hydrogen (secondary N) is 4. The Labute approximate surface area is 352 Å². The van der Waals surface area contributed by atoms with Crippen molar-refractivity contribution in [3.05, 3.63) is 94.5 Å². The van der Waals surface area contributed by atoms with Gasteiger partial charge in [-0.2, -0.15) is 0 Å². The minimum atomic E-state index is -1.21. The lowest BCUT2D eigenvalue weighted by Crippen LogP contribution is -2.60. The SMILES string of the molecule is CC(C)CN(NC(=O)C(CCCNC(=O)OCc1ccccc1Cl)NC(=O)OCC1c2ccccc2-c2ccccc21)C(=O)NC(COC(C)(C)C)C(=O)OC(C)(C)C. The van der Waals surface area contributed by atoms with Gasteiger partial charge in [0.1, 0.15) is 24.9 Å². The highest BCUT2D eigenvalue weighted by Crippen LogP contribution is 2.44. The van der Waals surface area contributed by atoms with Crippen molar-refractivity contribution in [3.8, 4) is 11.1 Å². The summed E-state index contributed by atoms with van der Waals surface area (Å²) in [5.41, 5.74) is 5.98. The summed E-state index contributed by atoms with van der Waals surface area (Å²) < 4.78 is 22.4. The molecule has 59 heavy (non-hydrogen) atoms. The van der Waals surface area contributed by atoms with Crippen molar-refractivity contribution >= 4 is 41.7 Å². The van der Waals surface area contributed by atoms with Crippen molar-refractivity contribution in [1.82, 2.24) is 26.4 Å². The smallest absolute Gasteiger partial charge is 0.407 e. The first kappa shape index (κ1) is 46.4. The third kappa shape index (κ3) is 14.8. The molecule has 2 atom stereocenters. The first-order valence-electron chi connectivity index (χ1n) is 19.8. The second-order valence-corrected chi connectivity index (χ2v) is 17.1. The van der Waals surface area contributed by atoms with Crippen LogP contribution in [-0.2, 0) is 35.1 Å². The summed E-state index contributed by atoms with van der Waals surface area (Å²) in [6.45, 7) is 14.2. The Morgan fingerprint density at radius 1 is 0.763 bits per heavy atom. The number of ether oxygens (including phenoxy) is 4. The number of rotatable bonds is 16. The zero-order valence-corrected chi connectivity index (χ0v) is 35.9. The molecule has 2 unspecified atom stereocenters. The van der Waals surface area contributed by atoms with Crippen LogP contribution in [0.3, 0.4) is 0 Å². The van der Waals surface area contributed by atoms with Crippen LogP contribution in [0.2, 0.25) is 5.02 Å². The topological polar surface area (TPSA) is 174 Å². The van der Waals surface area contributed by atoms with E-state index in [1.807, 2.05) is 83.1 Å². The fourth-order valence-corrected chi connectivity index (χ4v) is 6.41. The van der Waals surface area contributed by atoms with Gasteiger partial charge in [0.15, 0.2) is 6.04 Å². The van der Waals surface area contributed by atoms with E-state index in [0.29, 0.717) is 10.6 Å². The summed E-state index contributed by atoms with van der Waals surface area (Å²) in [7, 11) is 0. The summed E-state index contributed by atoms with van der Waals surface area (Å²) >= 11 is 6.17. The van der Waals surface area contributed by atoms with E-state index in [-0.39, 0.29) is 57.6 Å². The Morgan fingerprint density at radius 3 is 1.97 bits per heavy atom. The predicted octanol–water partition coefficient (Wildman–Crippen LogP) is 7.48. The largest absolute Gasteiger partial charge is 0.458 e. The molecule has 0 aliphatic heterocycles. The van der Waals surface area contributed by atoms with Crippen LogP contribution in [0, 0.1) is 5.92 Å². The average Bonchev–Trinajstić information content (AvgIpc) is 3.48. The molecule has 3 aromatic carbocycles. The first-order chi connectivity index (χ1) is 27.8. The van der Waals surface area contributed by atoms with Gasteiger partial charge in [0.2, 0.25) is 0 Å². The molecule has 1 aliphatic rings. The quantitative estimate of drug-likeness (QED) is 0.0494. The number of carbonyl (C=O) groups is 5. The summed E-state index contributed by atoms with van der Waals surface area (Å²) in [5, 5.41) is 9.48. The summed E-state index contributed by atoms with van der Waals surface area (Å²) in [5.74, 6) is -1.78. The van der Waals surface area contributed by atoms with Crippen molar-refractivity contribution in [2.75, 3.05) is 26.3 Å². The van der Waals surface area contributed by atoms with Crippen molar-refractivity contribution in [2.24, 2.45) is 5.92 Å². The predicted molar refractivity (Wildman–Crippen MR) is 224 cm³/mol. The Kier molecular flexibility index (Phi) is 16.6. The van der Waals surface area contributed by atoms with Crippen LogP contribution < -0.4 is 21.4 Å². The second kappa shape index (κ2) is 21.1. The minimum Gasteiger partial charge on any atom is -0.458 e. The Bertz CT molecular complexity index is 1880. The number of fused-ring (bicyclic) bond motifs is 3. The Balaban J connectivity index is 1.46. The number of urea groups is 1. The third-order valence-corrected chi connectivity index (χ3v) is 9.29. The molecule has 5 amide bonds. The molecule has 15 heteroatoms. The number of carbonyl (C=O) groups excluding carboxylic acids is 5. The first-order valence-corrected chi connectivity index (χ1v) is 20.2. The maximum absolute atomic E-state index is 14.0. The molecule has 0 heterocycles. The maximum Gasteiger partial charge on any atom is 0.407 e. The molecule has 0 bridgehead atoms. The molecule has 0 saturated heterocycles. The normalized spacial score (nSPS) is 13.3. The summed E-state index contributed by atoms with van der Waals surface area (Å²) in [4.78, 5) is 66.9. The van der Waals surface area contributed by atoms with E-state index in [2.05, 4.69) is 21.4 Å². The van der Waals surface area contributed by atoms with E-state index in [1.165, 1.54) is 0 Å². The van der Waals surface area contributed by atoms with Crippen LogP contribution in [-0.4, -0.2) is 84.7 Å². The van der Waals surface area contributed by atoms with Crippen molar-refractivity contribution in [2.45, 2.75) is 104 Å². The molecule has 320 valence electrons. The van der Waals surface area contributed by atoms with E-state index in [1.54, 1.807) is 45.0 Å². The molecular formula is C44H58ClN5O9. The number of alkyl carbamates (subject to hydrolysis) is 2. The van der Waals surface area contributed by atoms with Crippen LogP contribution in [0.15, 0.2) is 72.8 Å². The van der Waals surface area contributed by atoms with Gasteiger partial charge in [-0.05, 0) is 88.6 Å². The number of amides is 5. The third-order valence-electron chi connectivity index (χ3n) is 8.92. The summed E-state index contributed by atoms with van der Waals surface area (Å²) in [6, 6.07) is 19.6. The summed E-state index contributed by atoms with van der Waals surface area (Å²) in [6.07, 6.45) is -1.27. The number of esters is 1. The van der Waals surface area contributed by atoms with Gasteiger partial charge < -0.3 is 34.9 Å². The van der Waals surface area contributed by atoms with Gasteiger partial charge in [0.05, 0.1) is 12.2 Å². The van der Waals surface area contributed by atoms with Gasteiger partial charge in [-0.25, -0.2) is 24.2 Å². The Hall–Kier alpha value is -5.34. The highest BCUT2D eigenvalue weighted by Gasteiger charge is 2.33. The molecule has 4 N–H and O–H groups in total. The molecule has 3 aromatic rings. The lowest BCUT2D eigenvalue weighted by molar-refractivity contribution is -0.160. The van der Waals surface area contributed by atoms with E-state index in [0.717, 1.165) is 27.3 Å². The zero-order valence-electron chi connectivity index (χ0n) is 35.2. The molecule has 0 saturated carbocycles. The van der Waals surface area contributed by atoms with E-state index in [4.69, 9.17) is 30.5 Å². The zero-order chi connectivity index (χ0) is 43.3. The standard InChI is InChI=1S/C44H58ClN5O9/c1-28(2)24-50(40(53)47-37(27-58-43(3,4)5)39(52)59-44(6,7)8)49-38(51)36(22-15-23-46-41(54)56-25-29-16-9-14-21-35(29)45)48-42(55)57-26-34-32-19-12-10-17-30(32)31-18-11-13-20-33(31)34/h9-14,16-21,28,34,36-37H,15,22-27H2,1-8H3,(H,46,54)(H,47,53)(H,48,55)(H,49,51). The number of hydrogen-bond donors (Lipinski definition) is 4. The number of benzene rings is 3. The monoisotopic (exact) mass is 835 g/mol. The van der Waals surface area contributed by atoms with Crippen LogP contribution in [0.25, 0.3) is 11.1 Å². The maximum atomic E-state index is 14.0. The molecule has 0 aromatic heterocycles. The molecule has 4 rings (SSSR count). The van der Waals surface area contributed by atoms with Gasteiger partial charge in [-0.15, -0.1) is 0 Å². The lowest BCUT2D eigenvalue weighted by Gasteiger charge is -2.31. The van der Waals surface area contributed by atoms with Crippen LogP contribution in [0.1, 0.15) is 90.8 Å². The van der Waals surface area contributed by atoms with E-state index in [9.17, 15) is 24.0 Å². The lowest BCUT2D eigenvalue weighted by atomic mass is 9.98. The van der Waals surface area contributed by atoms with Crippen molar-refractivity contribution in [1.29, 1.82) is 0 Å². The second-order valence-electron chi connectivity index (χ2n) is 16.7. The molecule has 14 nitrogen and oxygen atoms in total. The molecule has 0 fully saturated rings. The van der Waals surface area contributed by atoms with E-state index >= 15 is 0 Å². The Morgan fingerprint density at radius 2 is 1.37 bits per heavy atom. The van der Waals surface area contributed by atoms with Crippen molar-refractivity contribution in [3.63, 3.8) is 0 Å². The molecule has 1 aliphatic carbocycles. The van der Waals surface area contributed by atoms with E-state index < -0.39 is 53.4 Å². The van der Waals surface area contributed by atoms with Gasteiger partial charge in [-0.1, -0.05) is 92.2 Å². The minimum absolute atomic E-state index is 0.0115. The van der Waals surface area contributed by atoms with Gasteiger partial charge >= 0.3 is 24.2 Å².